The molecule has 1 atom stereocenters. The van der Waals surface area contributed by atoms with E-state index >= 15 is 0 Å². The van der Waals surface area contributed by atoms with Crippen molar-refractivity contribution in [2.24, 2.45) is 5.73 Å². The quantitative estimate of drug-likeness (QED) is 0.611. The van der Waals surface area contributed by atoms with Crippen LogP contribution < -0.4 is 15.2 Å². The van der Waals surface area contributed by atoms with E-state index in [-0.39, 0.29) is 10.6 Å². The van der Waals surface area contributed by atoms with E-state index in [9.17, 15) is 18.0 Å². The minimum absolute atomic E-state index is 0.0360. The zero-order valence-electron chi connectivity index (χ0n) is 10.9. The number of ether oxygens (including phenoxy) is 1. The van der Waals surface area contributed by atoms with Gasteiger partial charge in [-0.05, 0) is 18.2 Å². The summed E-state index contributed by atoms with van der Waals surface area (Å²) >= 11 is 3.12. The highest BCUT2D eigenvalue weighted by Gasteiger charge is 2.29. The minimum atomic E-state index is -4.21. The summed E-state index contributed by atoms with van der Waals surface area (Å²) in [5, 5.41) is 8.94. The highest BCUT2D eigenvalue weighted by molar-refractivity contribution is 9.10. The summed E-state index contributed by atoms with van der Waals surface area (Å²) in [6.45, 7) is 0. The van der Waals surface area contributed by atoms with Crippen LogP contribution in [0, 0.1) is 0 Å². The van der Waals surface area contributed by atoms with Gasteiger partial charge in [0.15, 0.2) is 0 Å². The molecule has 0 fully saturated rings. The second kappa shape index (κ2) is 6.87. The fourth-order valence-corrected chi connectivity index (χ4v) is 3.39. The van der Waals surface area contributed by atoms with Gasteiger partial charge in [0.25, 0.3) is 0 Å². The lowest BCUT2D eigenvalue weighted by molar-refractivity contribution is -0.140. The second-order valence-electron chi connectivity index (χ2n) is 3.98. The molecule has 8 nitrogen and oxygen atoms in total. The lowest BCUT2D eigenvalue weighted by atomic mass is 10.2. The van der Waals surface area contributed by atoms with Gasteiger partial charge in [-0.25, -0.2) is 8.42 Å². The van der Waals surface area contributed by atoms with Gasteiger partial charge in [0.1, 0.15) is 16.7 Å². The normalized spacial score (nSPS) is 12.7. The molecule has 0 aromatic heterocycles. The van der Waals surface area contributed by atoms with Gasteiger partial charge in [0, 0.05) is 4.47 Å². The third kappa shape index (κ3) is 4.69. The van der Waals surface area contributed by atoms with Crippen LogP contribution in [-0.2, 0) is 19.6 Å². The Morgan fingerprint density at radius 3 is 2.57 bits per heavy atom. The molecule has 1 aromatic carbocycles. The van der Waals surface area contributed by atoms with Gasteiger partial charge in [-0.15, -0.1) is 0 Å². The Balaban J connectivity index is 3.18. The first-order valence-corrected chi connectivity index (χ1v) is 7.82. The Hall–Kier alpha value is -1.65. The monoisotopic (exact) mass is 380 g/mol. The van der Waals surface area contributed by atoms with Crippen LogP contribution in [0.2, 0.25) is 0 Å². The first-order chi connectivity index (χ1) is 9.67. The standard InChI is InChI=1S/C11H13BrN2O6S/c1-20-8-3-2-6(12)4-9(8)21(18,19)14-7(11(16)17)5-10(13)15/h2-4,7,14H,5H2,1H3,(H2,13,15)(H,16,17)/t7-/m0/s1. The molecule has 0 heterocycles. The van der Waals surface area contributed by atoms with Crippen LogP contribution in [0.15, 0.2) is 27.6 Å². The molecule has 1 rings (SSSR count). The lowest BCUT2D eigenvalue weighted by Crippen LogP contribution is -2.43. The molecule has 0 aliphatic rings. The number of carboxylic acids is 1. The molecular formula is C11H13BrN2O6S. The molecule has 4 N–H and O–H groups in total. The molecule has 116 valence electrons. The maximum atomic E-state index is 12.2. The van der Waals surface area contributed by atoms with Crippen molar-refractivity contribution < 1.29 is 27.9 Å². The molecule has 0 unspecified atom stereocenters. The van der Waals surface area contributed by atoms with E-state index < -0.39 is 34.4 Å². The van der Waals surface area contributed by atoms with Crippen LogP contribution in [0.1, 0.15) is 6.42 Å². The number of carbonyl (C=O) groups excluding carboxylic acids is 1. The number of carbonyl (C=O) groups is 2. The molecule has 1 aromatic rings. The van der Waals surface area contributed by atoms with Crippen LogP contribution >= 0.6 is 15.9 Å². The number of carboxylic acid groups (broad SMARTS) is 1. The van der Waals surface area contributed by atoms with Crippen LogP contribution in [0.4, 0.5) is 0 Å². The average Bonchev–Trinajstić information content (AvgIpc) is 2.37. The Morgan fingerprint density at radius 2 is 2.10 bits per heavy atom. The van der Waals surface area contributed by atoms with Gasteiger partial charge in [-0.1, -0.05) is 15.9 Å². The van der Waals surface area contributed by atoms with E-state index in [0.29, 0.717) is 4.47 Å². The first-order valence-electron chi connectivity index (χ1n) is 5.54. The molecule has 0 saturated heterocycles. The van der Waals surface area contributed by atoms with E-state index in [1.54, 1.807) is 6.07 Å². The summed E-state index contributed by atoms with van der Waals surface area (Å²) < 4.78 is 31.8. The van der Waals surface area contributed by atoms with E-state index in [4.69, 9.17) is 15.6 Å². The van der Waals surface area contributed by atoms with E-state index in [1.807, 2.05) is 4.72 Å². The third-order valence-electron chi connectivity index (χ3n) is 2.42. The maximum Gasteiger partial charge on any atom is 0.322 e. The fraction of sp³-hybridized carbons (Fsp3) is 0.273. The molecule has 10 heteroatoms. The summed E-state index contributed by atoms with van der Waals surface area (Å²) in [7, 11) is -2.93. The molecule has 21 heavy (non-hydrogen) atoms. The van der Waals surface area contributed by atoms with Crippen LogP contribution in [0.3, 0.4) is 0 Å². The van der Waals surface area contributed by atoms with Crippen molar-refractivity contribution in [3.63, 3.8) is 0 Å². The van der Waals surface area contributed by atoms with Crippen LogP contribution in [0.5, 0.6) is 5.75 Å². The summed E-state index contributed by atoms with van der Waals surface area (Å²) in [5.41, 5.74) is 4.90. The highest BCUT2D eigenvalue weighted by atomic mass is 79.9. The van der Waals surface area contributed by atoms with Crippen molar-refractivity contribution in [1.82, 2.24) is 4.72 Å². The highest BCUT2D eigenvalue weighted by Crippen LogP contribution is 2.27. The van der Waals surface area contributed by atoms with Gasteiger partial charge in [0.2, 0.25) is 15.9 Å². The van der Waals surface area contributed by atoms with Crippen molar-refractivity contribution in [2.45, 2.75) is 17.4 Å². The van der Waals surface area contributed by atoms with Crippen molar-refractivity contribution in [1.29, 1.82) is 0 Å². The van der Waals surface area contributed by atoms with Crippen molar-refractivity contribution in [2.75, 3.05) is 7.11 Å². The molecule has 0 aliphatic heterocycles. The number of rotatable bonds is 7. The summed E-state index contributed by atoms with van der Waals surface area (Å²) in [6, 6.07) is 2.57. The molecular weight excluding hydrogens is 368 g/mol. The maximum absolute atomic E-state index is 12.2. The van der Waals surface area contributed by atoms with E-state index in [2.05, 4.69) is 15.9 Å². The van der Waals surface area contributed by atoms with Crippen molar-refractivity contribution >= 4 is 37.8 Å². The summed E-state index contributed by atoms with van der Waals surface area (Å²) in [5.74, 6) is -2.41. The zero-order chi connectivity index (χ0) is 16.2. The van der Waals surface area contributed by atoms with Gasteiger partial charge in [-0.2, -0.15) is 4.72 Å². The van der Waals surface area contributed by atoms with Gasteiger partial charge in [0.05, 0.1) is 13.5 Å². The number of hydrogen-bond donors (Lipinski definition) is 3. The van der Waals surface area contributed by atoms with Gasteiger partial charge >= 0.3 is 5.97 Å². The largest absolute Gasteiger partial charge is 0.495 e. The molecule has 0 radical (unpaired) electrons. The van der Waals surface area contributed by atoms with E-state index in [0.717, 1.165) is 0 Å². The second-order valence-corrected chi connectivity index (χ2v) is 6.58. The van der Waals surface area contributed by atoms with Gasteiger partial charge < -0.3 is 15.6 Å². The number of amides is 1. The number of sulfonamides is 1. The molecule has 0 saturated carbocycles. The van der Waals surface area contributed by atoms with Gasteiger partial charge in [-0.3, -0.25) is 9.59 Å². The zero-order valence-corrected chi connectivity index (χ0v) is 13.3. The minimum Gasteiger partial charge on any atom is -0.495 e. The SMILES string of the molecule is COc1ccc(Br)cc1S(=O)(=O)N[C@@H](CC(N)=O)C(=O)O. The van der Waals surface area contributed by atoms with E-state index in [1.165, 1.54) is 19.2 Å². The number of primary amides is 1. The Kier molecular flexibility index (Phi) is 5.70. The van der Waals surface area contributed by atoms with Crippen molar-refractivity contribution in [3.8, 4) is 5.75 Å². The Morgan fingerprint density at radius 1 is 1.48 bits per heavy atom. The predicted octanol–water partition coefficient (Wildman–Crippen LogP) is 0.0646. The number of nitrogens with two attached hydrogens (primary N) is 1. The summed E-state index contributed by atoms with van der Waals surface area (Å²) in [6.07, 6.45) is -0.662. The van der Waals surface area contributed by atoms with Crippen molar-refractivity contribution in [3.05, 3.63) is 22.7 Å². The smallest absolute Gasteiger partial charge is 0.322 e. The molecule has 0 spiro atoms. The first kappa shape index (κ1) is 17.4. The molecule has 1 amide bonds. The van der Waals surface area contributed by atoms with Crippen LogP contribution in [0.25, 0.3) is 0 Å². The number of methoxy groups -OCH3 is 1. The number of benzene rings is 1. The molecule has 0 bridgehead atoms. The molecule has 0 aliphatic carbocycles. The summed E-state index contributed by atoms with van der Waals surface area (Å²) in [4.78, 5) is 21.5. The third-order valence-corrected chi connectivity index (χ3v) is 4.40. The number of nitrogens with one attached hydrogen (secondary N) is 1. The number of hydrogen-bond acceptors (Lipinski definition) is 5. The number of halogens is 1. The predicted molar refractivity (Wildman–Crippen MR) is 76.3 cm³/mol. The Bertz CT molecular complexity index is 661. The van der Waals surface area contributed by atoms with Crippen LogP contribution in [-0.4, -0.2) is 38.6 Å². The topological polar surface area (TPSA) is 136 Å². The number of aliphatic carboxylic acids is 1. The fourth-order valence-electron chi connectivity index (χ4n) is 1.49. The Labute approximate surface area is 129 Å². The lowest BCUT2D eigenvalue weighted by Gasteiger charge is -2.15. The average molecular weight is 381 g/mol.